The Hall–Kier alpha value is 0.210. The van der Waals surface area contributed by atoms with E-state index in [0.29, 0.717) is 11.8 Å². The Balaban J connectivity index is 1.48. The van der Waals surface area contributed by atoms with Crippen LogP contribution < -0.4 is 0 Å². The average molecular weight is 626 g/mol. The number of hydrogen-bond donors (Lipinski definition) is 0. The van der Waals surface area contributed by atoms with E-state index in [-0.39, 0.29) is 22.8 Å². The zero-order valence-electron chi connectivity index (χ0n) is 27.2. The monoisotopic (exact) mass is 624 g/mol. The van der Waals surface area contributed by atoms with Crippen LogP contribution in [0, 0.1) is 35.5 Å². The first-order valence-electron chi connectivity index (χ1n) is 19.1. The van der Waals surface area contributed by atoms with Crippen LogP contribution in [-0.4, -0.2) is 16.9 Å². The zero-order valence-corrected chi connectivity index (χ0v) is 28.7. The summed E-state index contributed by atoms with van der Waals surface area (Å²) in [5.74, 6) is 3.62. The molecule has 4 heteroatoms. The van der Waals surface area contributed by atoms with Gasteiger partial charge in [-0.25, -0.2) is 0 Å². The molecule has 0 bridgehead atoms. The van der Waals surface area contributed by atoms with Crippen molar-refractivity contribution in [2.45, 2.75) is 198 Å². The van der Waals surface area contributed by atoms with Crippen molar-refractivity contribution in [2.24, 2.45) is 35.5 Å². The highest BCUT2D eigenvalue weighted by Gasteiger charge is 2.47. The summed E-state index contributed by atoms with van der Waals surface area (Å²) in [5.41, 5.74) is -0.0616. The molecule has 244 valence electrons. The first-order valence-corrected chi connectivity index (χ1v) is 19.9. The third kappa shape index (κ3) is 12.5. The van der Waals surface area contributed by atoms with Crippen LogP contribution in [0.15, 0.2) is 0 Å². The highest BCUT2D eigenvalue weighted by Crippen LogP contribution is 2.47. The topological polar surface area (TPSA) is 29.6 Å². The summed E-state index contributed by atoms with van der Waals surface area (Å²) < 4.78 is 6.10. The molecule has 0 N–H and O–H groups in total. The Bertz CT molecular complexity index is 704. The van der Waals surface area contributed by atoms with Crippen LogP contribution in [0.2, 0.25) is 0 Å². The van der Waals surface area contributed by atoms with Gasteiger partial charge in [0.25, 0.3) is 0 Å². The number of carbonyl (C=O) groups is 1. The number of ether oxygens (including phenoxy) is 1. The summed E-state index contributed by atoms with van der Waals surface area (Å²) in [6, 6.07) is 0. The third-order valence-electron chi connectivity index (χ3n) is 12.1. The first kappa shape index (κ1) is 35.1. The van der Waals surface area contributed by atoms with E-state index in [1.165, 1.54) is 167 Å². The lowest BCUT2D eigenvalue weighted by Gasteiger charge is -2.36. The van der Waals surface area contributed by atoms with Crippen LogP contribution in [0.5, 0.6) is 0 Å². The fraction of sp³-hybridized carbons (Fsp3) is 0.974. The van der Waals surface area contributed by atoms with Gasteiger partial charge in [-0.2, -0.15) is 0 Å². The van der Waals surface area contributed by atoms with Gasteiger partial charge in [0.15, 0.2) is 5.56 Å². The minimum Gasteiger partial charge on any atom is -0.352 e. The Morgan fingerprint density at radius 3 is 1.31 bits per heavy atom. The van der Waals surface area contributed by atoms with Crippen molar-refractivity contribution in [2.75, 3.05) is 0 Å². The summed E-state index contributed by atoms with van der Waals surface area (Å²) in [4.78, 5) is 12.7. The minimum absolute atomic E-state index is 0.0561. The molecule has 6 unspecified atom stereocenters. The molecule has 4 rings (SSSR count). The largest absolute Gasteiger partial charge is 0.352 e. The van der Waals surface area contributed by atoms with E-state index in [2.05, 4.69) is 0 Å². The van der Waals surface area contributed by atoms with E-state index in [1.54, 1.807) is 0 Å². The predicted molar refractivity (Wildman–Crippen MR) is 180 cm³/mol. The normalized spacial score (nSPS) is 35.8. The van der Waals surface area contributed by atoms with Crippen molar-refractivity contribution in [3.63, 3.8) is 0 Å². The molecule has 1 aliphatic heterocycles. The number of rotatable bonds is 4. The van der Waals surface area contributed by atoms with Gasteiger partial charge in [-0.05, 0) is 66.9 Å². The maximum atomic E-state index is 12.7. The van der Waals surface area contributed by atoms with Gasteiger partial charge in [-0.15, -0.1) is 0 Å². The van der Waals surface area contributed by atoms with Crippen molar-refractivity contribution in [3.8, 4) is 0 Å². The highest BCUT2D eigenvalue weighted by molar-refractivity contribution is 6.63. The Morgan fingerprint density at radius 1 is 0.452 bits per heavy atom. The van der Waals surface area contributed by atoms with Crippen molar-refractivity contribution >= 4 is 28.4 Å². The molecule has 4 fully saturated rings. The fourth-order valence-corrected chi connectivity index (χ4v) is 10.1. The molecule has 1 heterocycles. The summed E-state index contributed by atoms with van der Waals surface area (Å²) in [6.07, 6.45) is 39.2. The molecule has 1 saturated heterocycles. The zero-order chi connectivity index (χ0) is 29.4. The average Bonchev–Trinajstić information content (AvgIpc) is 3.70. The molecule has 0 aromatic heterocycles. The smallest absolute Gasteiger partial charge is 0.224 e. The van der Waals surface area contributed by atoms with Crippen LogP contribution in [0.4, 0.5) is 0 Å². The Kier molecular flexibility index (Phi) is 17.0. The highest BCUT2D eigenvalue weighted by atomic mass is 35.5. The molecule has 6 atom stereocenters. The van der Waals surface area contributed by atoms with Gasteiger partial charge < -0.3 is 4.74 Å². The molecule has 3 aliphatic carbocycles. The van der Waals surface area contributed by atoms with Gasteiger partial charge in [-0.3, -0.25) is 4.79 Å². The summed E-state index contributed by atoms with van der Waals surface area (Å²) in [7, 11) is 0. The first-order chi connectivity index (χ1) is 20.6. The molecule has 0 radical (unpaired) electrons. The van der Waals surface area contributed by atoms with Gasteiger partial charge >= 0.3 is 0 Å². The lowest BCUT2D eigenvalue weighted by molar-refractivity contribution is -0.116. The van der Waals surface area contributed by atoms with Crippen LogP contribution in [0.25, 0.3) is 0 Å². The molecule has 0 aromatic carbocycles. The number of hydrogen-bond acceptors (Lipinski definition) is 2. The van der Waals surface area contributed by atoms with Crippen molar-refractivity contribution < 1.29 is 9.53 Å². The predicted octanol–water partition coefficient (Wildman–Crippen LogP) is 12.8. The maximum absolute atomic E-state index is 12.7. The van der Waals surface area contributed by atoms with Gasteiger partial charge in [0.1, 0.15) is 6.10 Å². The lowest BCUT2D eigenvalue weighted by atomic mass is 9.69. The van der Waals surface area contributed by atoms with Gasteiger partial charge in [0.2, 0.25) is 5.24 Å². The summed E-state index contributed by atoms with van der Waals surface area (Å²) >= 11 is 13.0. The standard InChI is InChI=1S/C38H66Cl2O2/c39-37(41)33-25-18-19-27-34(31-23-16-12-8-4-5-9-13-17-24-31)35(36-38(40)42-36)28-20-26-32(29-33)30-21-14-10-6-2-1-3-7-11-15-22-30/h30-36,38H,1-29H2. The number of halogens is 2. The molecule has 2 nitrogen and oxygen atoms in total. The number of alkyl halides is 1. The molecule has 3 saturated carbocycles. The lowest BCUT2D eigenvalue weighted by Crippen LogP contribution is -2.30. The fourth-order valence-electron chi connectivity index (χ4n) is 9.56. The van der Waals surface area contributed by atoms with Gasteiger partial charge in [0, 0.05) is 5.92 Å². The molecule has 4 aliphatic rings. The quantitative estimate of drug-likeness (QED) is 0.177. The molecular weight excluding hydrogens is 559 g/mol. The number of epoxide rings is 1. The van der Waals surface area contributed by atoms with E-state index in [1.807, 2.05) is 0 Å². The Labute approximate surface area is 270 Å². The summed E-state index contributed by atoms with van der Waals surface area (Å²) in [5, 5.41) is -0.0561. The van der Waals surface area contributed by atoms with Gasteiger partial charge in [-0.1, -0.05) is 172 Å². The van der Waals surface area contributed by atoms with Crippen LogP contribution in [0.1, 0.15) is 186 Å². The minimum atomic E-state index is -0.0616. The molecule has 42 heavy (non-hydrogen) atoms. The van der Waals surface area contributed by atoms with Gasteiger partial charge in [0.05, 0.1) is 0 Å². The molecule has 0 spiro atoms. The molecule has 0 aromatic rings. The third-order valence-corrected chi connectivity index (χ3v) is 12.8. The Morgan fingerprint density at radius 2 is 0.833 bits per heavy atom. The second kappa shape index (κ2) is 20.4. The van der Waals surface area contributed by atoms with Crippen molar-refractivity contribution in [3.05, 3.63) is 0 Å². The van der Waals surface area contributed by atoms with E-state index in [4.69, 9.17) is 27.9 Å². The molecular formula is C38H66Cl2O2. The SMILES string of the molecule is O=C(Cl)C1CCCCC(C2CCCCCCCCCC2)C(C2OC2Cl)CCCC(C2CCCCCCCCCCC2)C1. The van der Waals surface area contributed by atoms with E-state index >= 15 is 0 Å². The second-order valence-electron chi connectivity index (χ2n) is 15.2. The van der Waals surface area contributed by atoms with Crippen LogP contribution in [-0.2, 0) is 9.53 Å². The van der Waals surface area contributed by atoms with E-state index < -0.39 is 0 Å². The maximum Gasteiger partial charge on any atom is 0.224 e. The van der Waals surface area contributed by atoms with Crippen LogP contribution in [0.3, 0.4) is 0 Å². The second-order valence-corrected chi connectivity index (χ2v) is 16.0. The van der Waals surface area contributed by atoms with Crippen molar-refractivity contribution in [1.82, 2.24) is 0 Å². The number of carbonyl (C=O) groups excluding carboxylic acids is 1. The van der Waals surface area contributed by atoms with Crippen LogP contribution >= 0.6 is 23.2 Å². The van der Waals surface area contributed by atoms with E-state index in [0.717, 1.165) is 37.0 Å². The van der Waals surface area contributed by atoms with E-state index in [9.17, 15) is 4.79 Å². The molecule has 0 amide bonds. The van der Waals surface area contributed by atoms with Crippen molar-refractivity contribution in [1.29, 1.82) is 0 Å². The summed E-state index contributed by atoms with van der Waals surface area (Å²) in [6.45, 7) is 0.